The zero-order chi connectivity index (χ0) is 22.5. The van der Waals surface area contributed by atoms with Crippen LogP contribution in [0.2, 0.25) is 0 Å². The molecule has 0 saturated carbocycles. The molecule has 2 aromatic rings. The Morgan fingerprint density at radius 1 is 1.16 bits per heavy atom. The van der Waals surface area contributed by atoms with Gasteiger partial charge in [-0.25, -0.2) is 18.1 Å². The van der Waals surface area contributed by atoms with Gasteiger partial charge in [-0.05, 0) is 49.9 Å². The second kappa shape index (κ2) is 9.86. The minimum absolute atomic E-state index is 0.0122. The van der Waals surface area contributed by atoms with E-state index in [4.69, 9.17) is 4.74 Å². The Hall–Kier alpha value is -2.33. The minimum atomic E-state index is -4.19. The minimum Gasteiger partial charge on any atom is -0.493 e. The molecular formula is C21H26F3N3O3S. The van der Waals surface area contributed by atoms with Crippen molar-refractivity contribution >= 4 is 15.8 Å². The number of nitrogens with zero attached hydrogens (tertiary/aromatic N) is 1. The molecule has 2 N–H and O–H groups in total. The molecule has 2 heterocycles. The third kappa shape index (κ3) is 6.83. The van der Waals surface area contributed by atoms with Crippen molar-refractivity contribution in [3.05, 3.63) is 47.7 Å². The molecule has 0 spiro atoms. The van der Waals surface area contributed by atoms with E-state index in [0.717, 1.165) is 11.3 Å². The van der Waals surface area contributed by atoms with Crippen LogP contribution in [-0.4, -0.2) is 39.3 Å². The normalized spacial score (nSPS) is 16.5. The van der Waals surface area contributed by atoms with Crippen molar-refractivity contribution in [1.82, 2.24) is 9.71 Å². The van der Waals surface area contributed by atoms with Crippen LogP contribution in [0.4, 0.5) is 19.0 Å². The van der Waals surface area contributed by atoms with Gasteiger partial charge in [-0.15, -0.1) is 0 Å². The van der Waals surface area contributed by atoms with Gasteiger partial charge in [-0.2, -0.15) is 13.2 Å². The van der Waals surface area contributed by atoms with Crippen molar-refractivity contribution in [1.29, 1.82) is 0 Å². The standard InChI is InChI=1S/C21H26F3N3O3S/c1-15-8-9-19(20(27-15)25-11-5-4-10-21(22,23)24)31(28,29)26-13-16-12-17-6-2-3-7-18(17)30-14-16/h2-3,6-9,16,26H,4-5,10-14H2,1H3,(H,25,27). The summed E-state index contributed by atoms with van der Waals surface area (Å²) < 4.78 is 70.9. The second-order valence-electron chi connectivity index (χ2n) is 7.64. The first-order valence-electron chi connectivity index (χ1n) is 10.1. The van der Waals surface area contributed by atoms with E-state index in [1.807, 2.05) is 24.3 Å². The number of aromatic nitrogens is 1. The van der Waals surface area contributed by atoms with Crippen LogP contribution in [0.15, 0.2) is 41.3 Å². The number of unbranched alkanes of at least 4 members (excludes halogenated alkanes) is 1. The topological polar surface area (TPSA) is 80.3 Å². The summed E-state index contributed by atoms with van der Waals surface area (Å²) in [5.74, 6) is 0.952. The van der Waals surface area contributed by atoms with E-state index in [0.29, 0.717) is 18.7 Å². The molecule has 0 amide bonds. The van der Waals surface area contributed by atoms with Gasteiger partial charge in [-0.3, -0.25) is 0 Å². The van der Waals surface area contributed by atoms with Gasteiger partial charge < -0.3 is 10.1 Å². The molecule has 1 unspecified atom stereocenters. The van der Waals surface area contributed by atoms with Crippen LogP contribution in [0, 0.1) is 12.8 Å². The highest BCUT2D eigenvalue weighted by atomic mass is 32.2. The molecule has 31 heavy (non-hydrogen) atoms. The molecule has 1 aromatic heterocycles. The summed E-state index contributed by atoms with van der Waals surface area (Å²) in [6.07, 6.45) is -4.14. The van der Waals surface area contributed by atoms with Gasteiger partial charge in [-0.1, -0.05) is 18.2 Å². The first-order valence-corrected chi connectivity index (χ1v) is 11.6. The summed E-state index contributed by atoms with van der Waals surface area (Å²) in [7, 11) is -3.86. The number of fused-ring (bicyclic) bond motifs is 1. The number of anilines is 1. The highest BCUT2D eigenvalue weighted by Crippen LogP contribution is 2.27. The SMILES string of the molecule is Cc1ccc(S(=O)(=O)NCC2COc3ccccc3C2)c(NCCCCC(F)(F)F)n1. The molecule has 1 aromatic carbocycles. The molecular weight excluding hydrogens is 431 g/mol. The Balaban J connectivity index is 1.60. The zero-order valence-electron chi connectivity index (χ0n) is 17.2. The van der Waals surface area contributed by atoms with Gasteiger partial charge in [0.2, 0.25) is 10.0 Å². The first kappa shape index (κ1) is 23.3. The maximum atomic E-state index is 12.9. The summed E-state index contributed by atoms with van der Waals surface area (Å²) in [5, 5.41) is 2.88. The monoisotopic (exact) mass is 457 g/mol. The number of alkyl halides is 3. The number of nitrogens with one attached hydrogen (secondary N) is 2. The third-order valence-corrected chi connectivity index (χ3v) is 6.44. The molecule has 0 radical (unpaired) electrons. The number of sulfonamides is 1. The summed E-state index contributed by atoms with van der Waals surface area (Å²) in [5.41, 5.74) is 1.64. The van der Waals surface area contributed by atoms with E-state index in [9.17, 15) is 21.6 Å². The fraction of sp³-hybridized carbons (Fsp3) is 0.476. The molecule has 1 aliphatic heterocycles. The highest BCUT2D eigenvalue weighted by Gasteiger charge is 2.26. The van der Waals surface area contributed by atoms with Crippen molar-refractivity contribution in [2.75, 3.05) is 25.0 Å². The van der Waals surface area contributed by atoms with Crippen LogP contribution < -0.4 is 14.8 Å². The first-order chi connectivity index (χ1) is 14.6. The molecule has 0 bridgehead atoms. The second-order valence-corrected chi connectivity index (χ2v) is 9.37. The fourth-order valence-electron chi connectivity index (χ4n) is 3.37. The van der Waals surface area contributed by atoms with Crippen LogP contribution in [0.3, 0.4) is 0 Å². The molecule has 3 rings (SSSR count). The lowest BCUT2D eigenvalue weighted by Gasteiger charge is -2.25. The maximum absolute atomic E-state index is 12.9. The highest BCUT2D eigenvalue weighted by molar-refractivity contribution is 7.89. The number of aryl methyl sites for hydroxylation is 1. The van der Waals surface area contributed by atoms with Crippen molar-refractivity contribution in [2.24, 2.45) is 5.92 Å². The predicted octanol–water partition coefficient (Wildman–Crippen LogP) is 4.06. The van der Waals surface area contributed by atoms with E-state index in [-0.39, 0.29) is 42.6 Å². The lowest BCUT2D eigenvalue weighted by atomic mass is 9.97. The predicted molar refractivity (Wildman–Crippen MR) is 112 cm³/mol. The summed E-state index contributed by atoms with van der Waals surface area (Å²) in [4.78, 5) is 4.21. The molecule has 0 saturated heterocycles. The number of hydrogen-bond acceptors (Lipinski definition) is 5. The van der Waals surface area contributed by atoms with E-state index >= 15 is 0 Å². The number of hydrogen-bond donors (Lipinski definition) is 2. The van der Waals surface area contributed by atoms with Crippen LogP contribution in [0.25, 0.3) is 0 Å². The molecule has 0 fully saturated rings. The fourth-order valence-corrected chi connectivity index (χ4v) is 4.60. The van der Waals surface area contributed by atoms with E-state index < -0.39 is 22.6 Å². The summed E-state index contributed by atoms with van der Waals surface area (Å²) >= 11 is 0. The van der Waals surface area contributed by atoms with Gasteiger partial charge in [0.25, 0.3) is 0 Å². The molecule has 10 heteroatoms. The van der Waals surface area contributed by atoms with Gasteiger partial charge >= 0.3 is 6.18 Å². The Morgan fingerprint density at radius 2 is 1.94 bits per heavy atom. The number of para-hydroxylation sites is 1. The Morgan fingerprint density at radius 3 is 2.71 bits per heavy atom. The van der Waals surface area contributed by atoms with Crippen molar-refractivity contribution < 1.29 is 26.3 Å². The van der Waals surface area contributed by atoms with Crippen molar-refractivity contribution in [3.8, 4) is 5.75 Å². The van der Waals surface area contributed by atoms with Gasteiger partial charge in [0.05, 0.1) is 6.61 Å². The third-order valence-electron chi connectivity index (χ3n) is 4.98. The molecule has 6 nitrogen and oxygen atoms in total. The van der Waals surface area contributed by atoms with Crippen molar-refractivity contribution in [3.63, 3.8) is 0 Å². The maximum Gasteiger partial charge on any atom is 0.389 e. The molecule has 1 aliphatic rings. The summed E-state index contributed by atoms with van der Waals surface area (Å²) in [6.45, 7) is 2.53. The number of pyridine rings is 1. The molecule has 0 aliphatic carbocycles. The smallest absolute Gasteiger partial charge is 0.389 e. The van der Waals surface area contributed by atoms with E-state index in [1.54, 1.807) is 13.0 Å². The van der Waals surface area contributed by atoms with E-state index in [2.05, 4.69) is 15.0 Å². The molecule has 170 valence electrons. The summed E-state index contributed by atoms with van der Waals surface area (Å²) in [6, 6.07) is 10.7. The zero-order valence-corrected chi connectivity index (χ0v) is 18.0. The van der Waals surface area contributed by atoms with Crippen LogP contribution in [0.1, 0.15) is 30.5 Å². The Bertz CT molecular complexity index is 997. The van der Waals surface area contributed by atoms with Gasteiger partial charge in [0.15, 0.2) is 0 Å². The molecule has 1 atom stereocenters. The number of benzene rings is 1. The average Bonchev–Trinajstić information content (AvgIpc) is 2.71. The number of ether oxygens (including phenoxy) is 1. The van der Waals surface area contributed by atoms with Crippen LogP contribution >= 0.6 is 0 Å². The lowest BCUT2D eigenvalue weighted by molar-refractivity contribution is -0.135. The average molecular weight is 458 g/mol. The van der Waals surface area contributed by atoms with E-state index in [1.165, 1.54) is 6.07 Å². The Kier molecular flexibility index (Phi) is 7.42. The largest absolute Gasteiger partial charge is 0.493 e. The number of rotatable bonds is 9. The van der Waals surface area contributed by atoms with Gasteiger partial charge in [0, 0.05) is 31.1 Å². The lowest BCUT2D eigenvalue weighted by Crippen LogP contribution is -2.35. The Labute approximate surface area is 180 Å². The quantitative estimate of drug-likeness (QED) is 0.555. The number of halogens is 3. The van der Waals surface area contributed by atoms with Crippen LogP contribution in [0.5, 0.6) is 5.75 Å². The van der Waals surface area contributed by atoms with Crippen LogP contribution in [-0.2, 0) is 16.4 Å². The van der Waals surface area contributed by atoms with Crippen molar-refractivity contribution in [2.45, 2.75) is 43.7 Å². The van der Waals surface area contributed by atoms with Gasteiger partial charge in [0.1, 0.15) is 16.5 Å².